The molecule has 4 aliphatic rings. The number of Topliss-reactive ketones (excluding diaryl/α,β-unsaturated/α-hetero) is 3. The number of amides is 1. The summed E-state index contributed by atoms with van der Waals surface area (Å²) in [6.07, 6.45) is 3.56. The van der Waals surface area contributed by atoms with Crippen LogP contribution >= 0.6 is 0 Å². The van der Waals surface area contributed by atoms with Gasteiger partial charge in [0.2, 0.25) is 5.79 Å². The number of nitrogens with zero attached hydrogens (tertiary/aromatic N) is 1. The second kappa shape index (κ2) is 20.2. The van der Waals surface area contributed by atoms with Crippen LogP contribution in [-0.2, 0) is 47.7 Å². The molecule has 1 saturated carbocycles. The molecular formula is C43H67NO12. The van der Waals surface area contributed by atoms with E-state index in [2.05, 4.69) is 0 Å². The molecule has 316 valence electrons. The zero-order valence-corrected chi connectivity index (χ0v) is 35.0. The highest BCUT2D eigenvalue weighted by Crippen LogP contribution is 2.39. The monoisotopic (exact) mass is 789 g/mol. The van der Waals surface area contributed by atoms with Crippen LogP contribution in [0.25, 0.3) is 0 Å². The summed E-state index contributed by atoms with van der Waals surface area (Å²) in [7, 11) is 4.56. The number of carbonyl (C=O) groups is 5. The van der Waals surface area contributed by atoms with E-state index >= 15 is 0 Å². The number of ether oxygens (including phenoxy) is 5. The molecule has 3 aliphatic heterocycles. The first-order valence-corrected chi connectivity index (χ1v) is 20.6. The van der Waals surface area contributed by atoms with Gasteiger partial charge in [0.05, 0.1) is 18.3 Å². The highest BCUT2D eigenvalue weighted by molar-refractivity contribution is 6.39. The molecule has 2 bridgehead atoms. The Balaban J connectivity index is 1.77. The van der Waals surface area contributed by atoms with Crippen molar-refractivity contribution in [2.45, 2.75) is 161 Å². The molecule has 0 spiro atoms. The zero-order chi connectivity index (χ0) is 41.5. The van der Waals surface area contributed by atoms with E-state index in [1.165, 1.54) is 26.2 Å². The van der Waals surface area contributed by atoms with Crippen LogP contribution in [0.1, 0.15) is 112 Å². The lowest BCUT2D eigenvalue weighted by molar-refractivity contribution is -0.302. The third kappa shape index (κ3) is 10.6. The summed E-state index contributed by atoms with van der Waals surface area (Å²) in [4.78, 5) is 70.0. The molecule has 4 rings (SSSR count). The minimum absolute atomic E-state index is 0.0312. The maximum atomic E-state index is 14.3. The minimum Gasteiger partial charge on any atom is -0.456 e. The fourth-order valence-corrected chi connectivity index (χ4v) is 9.23. The highest BCUT2D eigenvalue weighted by Gasteiger charge is 2.56. The van der Waals surface area contributed by atoms with Crippen molar-refractivity contribution in [3.05, 3.63) is 23.3 Å². The first kappa shape index (κ1) is 45.9. The van der Waals surface area contributed by atoms with Crippen LogP contribution in [0.3, 0.4) is 0 Å². The standard InChI is InChI=1S/C43H67NO12/c1-10-30-18-24(2)17-25(3)19-36(53-8)39-37(54-9)21-27(5)43(51,56-39)40(48)41(49)44-16-12-11-13-31(44)42(50)55-38(28(6)33(46)23-34(30)47)26(4)20-29-14-15-32(45)35(22-29)52-7/h18,20,25,27-31,33,35-39,46,51H,10-17,19,21-23H2,1-9H3. The second-order valence-electron chi connectivity index (χ2n) is 17.0. The normalized spacial score (nSPS) is 39.3. The molecule has 13 nitrogen and oxygen atoms in total. The van der Waals surface area contributed by atoms with E-state index in [4.69, 9.17) is 23.7 Å². The molecule has 0 aromatic carbocycles. The summed E-state index contributed by atoms with van der Waals surface area (Å²) in [5.41, 5.74) is 1.62. The Labute approximate surface area is 332 Å². The number of carbonyl (C=O) groups excluding carboxylic acids is 5. The van der Waals surface area contributed by atoms with E-state index in [1.54, 1.807) is 20.8 Å². The van der Waals surface area contributed by atoms with Gasteiger partial charge in [-0.2, -0.15) is 0 Å². The molecule has 13 atom stereocenters. The molecule has 13 heteroatoms. The Bertz CT molecular complexity index is 1480. The second-order valence-corrected chi connectivity index (χ2v) is 17.0. The Morgan fingerprint density at radius 3 is 2.27 bits per heavy atom. The van der Waals surface area contributed by atoms with E-state index in [1.807, 2.05) is 32.9 Å². The maximum Gasteiger partial charge on any atom is 0.329 e. The molecule has 2 saturated heterocycles. The van der Waals surface area contributed by atoms with Gasteiger partial charge in [0.15, 0.2) is 5.78 Å². The summed E-state index contributed by atoms with van der Waals surface area (Å²) in [6, 6.07) is -1.14. The fourth-order valence-electron chi connectivity index (χ4n) is 9.23. The number of aliphatic hydroxyl groups excluding tert-OH is 1. The molecular weight excluding hydrogens is 722 g/mol. The lowest BCUT2D eigenvalue weighted by Gasteiger charge is -2.47. The lowest BCUT2D eigenvalue weighted by atomic mass is 9.82. The van der Waals surface area contributed by atoms with Crippen molar-refractivity contribution in [3.8, 4) is 0 Å². The summed E-state index contributed by atoms with van der Waals surface area (Å²) in [5, 5.41) is 23.6. The number of piperidine rings is 1. The lowest BCUT2D eigenvalue weighted by Crippen LogP contribution is -2.64. The topological polar surface area (TPSA) is 175 Å². The van der Waals surface area contributed by atoms with Gasteiger partial charge < -0.3 is 38.8 Å². The number of hydrogen-bond acceptors (Lipinski definition) is 12. The Morgan fingerprint density at radius 2 is 1.62 bits per heavy atom. The van der Waals surface area contributed by atoms with Gasteiger partial charge in [0.1, 0.15) is 30.1 Å². The third-order valence-corrected chi connectivity index (χ3v) is 12.7. The number of cyclic esters (lactones) is 1. The number of esters is 1. The summed E-state index contributed by atoms with van der Waals surface area (Å²) >= 11 is 0. The van der Waals surface area contributed by atoms with Crippen molar-refractivity contribution in [2.75, 3.05) is 27.9 Å². The van der Waals surface area contributed by atoms with Crippen LogP contribution in [0.15, 0.2) is 23.3 Å². The predicted octanol–water partition coefficient (Wildman–Crippen LogP) is 4.68. The molecule has 2 N–H and O–H groups in total. The summed E-state index contributed by atoms with van der Waals surface area (Å²) < 4.78 is 29.6. The van der Waals surface area contributed by atoms with Gasteiger partial charge in [-0.15, -0.1) is 0 Å². The number of allylic oxidation sites excluding steroid dienone is 3. The van der Waals surface area contributed by atoms with E-state index in [9.17, 15) is 34.2 Å². The highest BCUT2D eigenvalue weighted by atomic mass is 16.7. The van der Waals surface area contributed by atoms with E-state index in [-0.39, 0.29) is 49.2 Å². The zero-order valence-electron chi connectivity index (χ0n) is 35.0. The van der Waals surface area contributed by atoms with Crippen LogP contribution < -0.4 is 0 Å². The van der Waals surface area contributed by atoms with Crippen molar-refractivity contribution < 1.29 is 57.9 Å². The van der Waals surface area contributed by atoms with Gasteiger partial charge in [-0.3, -0.25) is 19.2 Å². The van der Waals surface area contributed by atoms with Gasteiger partial charge in [-0.05, 0) is 89.0 Å². The number of ketones is 3. The van der Waals surface area contributed by atoms with Crippen molar-refractivity contribution >= 4 is 29.2 Å². The Morgan fingerprint density at radius 1 is 0.946 bits per heavy atom. The number of rotatable bonds is 6. The predicted molar refractivity (Wildman–Crippen MR) is 207 cm³/mol. The van der Waals surface area contributed by atoms with Crippen molar-refractivity contribution in [2.24, 2.45) is 29.6 Å². The van der Waals surface area contributed by atoms with Gasteiger partial charge in [-0.25, -0.2) is 4.79 Å². The molecule has 3 heterocycles. The number of methoxy groups -OCH3 is 3. The Hall–Kier alpha value is -2.81. The fraction of sp³-hybridized carbons (Fsp3) is 0.791. The maximum absolute atomic E-state index is 14.3. The molecule has 56 heavy (non-hydrogen) atoms. The summed E-state index contributed by atoms with van der Waals surface area (Å²) in [6.45, 7) is 11.2. The van der Waals surface area contributed by atoms with Gasteiger partial charge in [-0.1, -0.05) is 45.4 Å². The molecule has 0 aromatic heterocycles. The van der Waals surface area contributed by atoms with Crippen LogP contribution in [-0.4, -0.2) is 121 Å². The quantitative estimate of drug-likeness (QED) is 0.216. The van der Waals surface area contributed by atoms with Crippen LogP contribution in [0.2, 0.25) is 0 Å². The molecule has 0 radical (unpaired) electrons. The average Bonchev–Trinajstić information content (AvgIpc) is 3.18. The van der Waals surface area contributed by atoms with E-state index < -0.39 is 83.9 Å². The van der Waals surface area contributed by atoms with Crippen molar-refractivity contribution in [1.29, 1.82) is 0 Å². The SMILES string of the molecule is CCC1C=C(C)CC(C)CC(OC)C2OC(O)(C(=O)C(=O)N3CCCCC3C(=O)OC(C(C)=CC3CCC(=O)C(OC)C3)C(C)C(O)CC1=O)C(C)CC2OC. The first-order valence-electron chi connectivity index (χ1n) is 20.6. The van der Waals surface area contributed by atoms with Gasteiger partial charge >= 0.3 is 5.97 Å². The van der Waals surface area contributed by atoms with Gasteiger partial charge in [0.25, 0.3) is 11.7 Å². The molecule has 1 amide bonds. The van der Waals surface area contributed by atoms with Crippen LogP contribution in [0.4, 0.5) is 0 Å². The smallest absolute Gasteiger partial charge is 0.329 e. The first-order chi connectivity index (χ1) is 26.5. The molecule has 13 unspecified atom stereocenters. The number of aliphatic hydroxyl groups is 2. The number of fused-ring (bicyclic) bond motifs is 3. The molecule has 3 fully saturated rings. The van der Waals surface area contributed by atoms with Crippen molar-refractivity contribution in [1.82, 2.24) is 4.90 Å². The minimum atomic E-state index is -2.51. The van der Waals surface area contributed by atoms with Crippen LogP contribution in [0, 0.1) is 29.6 Å². The third-order valence-electron chi connectivity index (χ3n) is 12.7. The molecule has 1 aliphatic carbocycles. The summed E-state index contributed by atoms with van der Waals surface area (Å²) in [5.74, 6) is -7.60. The Kier molecular flexibility index (Phi) is 16.6. The van der Waals surface area contributed by atoms with E-state index in [0.29, 0.717) is 56.9 Å². The largest absolute Gasteiger partial charge is 0.456 e. The molecule has 0 aromatic rings. The van der Waals surface area contributed by atoms with Crippen LogP contribution in [0.5, 0.6) is 0 Å². The van der Waals surface area contributed by atoms with E-state index in [0.717, 1.165) is 5.57 Å². The average molecular weight is 790 g/mol. The number of hydrogen-bond donors (Lipinski definition) is 2. The van der Waals surface area contributed by atoms with Gasteiger partial charge in [0, 0.05) is 58.5 Å². The van der Waals surface area contributed by atoms with Crippen molar-refractivity contribution in [3.63, 3.8) is 0 Å².